The van der Waals surface area contributed by atoms with Gasteiger partial charge in [0.15, 0.2) is 0 Å². The van der Waals surface area contributed by atoms with Crippen LogP contribution in [-0.4, -0.2) is 47.5 Å². The van der Waals surface area contributed by atoms with Crippen LogP contribution in [0.5, 0.6) is 0 Å². The highest BCUT2D eigenvalue weighted by molar-refractivity contribution is 6.39. The molecule has 0 aliphatic carbocycles. The van der Waals surface area contributed by atoms with Crippen LogP contribution in [0.1, 0.15) is 45.4 Å². The second-order valence-electron chi connectivity index (χ2n) is 5.47. The first-order valence-corrected chi connectivity index (χ1v) is 7.54. The third kappa shape index (κ3) is 4.27. The Morgan fingerprint density at radius 1 is 1.33 bits per heavy atom. The van der Waals surface area contributed by atoms with Gasteiger partial charge in [-0.15, -0.1) is 0 Å². The first kappa shape index (κ1) is 15.5. The van der Waals surface area contributed by atoms with E-state index in [1.165, 1.54) is 0 Å². The van der Waals surface area contributed by atoms with Crippen molar-refractivity contribution in [3.8, 4) is 0 Å². The van der Waals surface area contributed by atoms with Crippen molar-refractivity contribution in [1.29, 1.82) is 0 Å². The molecule has 2 aliphatic rings. The maximum Gasteiger partial charge on any atom is 0.267 e. The fourth-order valence-electron chi connectivity index (χ4n) is 2.55. The van der Waals surface area contributed by atoms with Crippen LogP contribution in [0.15, 0.2) is 5.10 Å². The molecule has 3 amide bonds. The molecule has 2 N–H and O–H groups in total. The summed E-state index contributed by atoms with van der Waals surface area (Å²) in [6.45, 7) is 3.37. The van der Waals surface area contributed by atoms with Gasteiger partial charge in [-0.05, 0) is 19.3 Å². The zero-order valence-electron chi connectivity index (χ0n) is 12.4. The monoisotopic (exact) mass is 294 g/mol. The molecule has 0 spiro atoms. The van der Waals surface area contributed by atoms with Gasteiger partial charge in [-0.25, -0.2) is 5.43 Å². The van der Waals surface area contributed by atoms with Gasteiger partial charge in [0, 0.05) is 38.4 Å². The second-order valence-corrected chi connectivity index (χ2v) is 5.47. The fourth-order valence-corrected chi connectivity index (χ4v) is 2.55. The molecule has 2 rings (SSSR count). The van der Waals surface area contributed by atoms with Crippen molar-refractivity contribution in [3.63, 3.8) is 0 Å². The van der Waals surface area contributed by atoms with Gasteiger partial charge >= 0.3 is 0 Å². The zero-order valence-corrected chi connectivity index (χ0v) is 12.4. The van der Waals surface area contributed by atoms with E-state index in [-0.39, 0.29) is 23.8 Å². The molecular formula is C14H22N4O3. The summed E-state index contributed by atoms with van der Waals surface area (Å²) >= 11 is 0. The summed E-state index contributed by atoms with van der Waals surface area (Å²) in [5.41, 5.74) is 2.70. The molecule has 0 aromatic heterocycles. The molecule has 7 heteroatoms. The van der Waals surface area contributed by atoms with Gasteiger partial charge in [0.05, 0.1) is 0 Å². The lowest BCUT2D eigenvalue weighted by Crippen LogP contribution is -2.48. The summed E-state index contributed by atoms with van der Waals surface area (Å²) < 4.78 is 0. The molecule has 0 atom stereocenters. The quantitative estimate of drug-likeness (QED) is 0.774. The molecule has 116 valence electrons. The molecule has 1 saturated heterocycles. The van der Waals surface area contributed by atoms with Crippen molar-refractivity contribution in [2.45, 2.75) is 51.5 Å². The summed E-state index contributed by atoms with van der Waals surface area (Å²) in [4.78, 5) is 36.7. The van der Waals surface area contributed by atoms with Crippen LogP contribution in [0.25, 0.3) is 0 Å². The molecule has 0 bridgehead atoms. The van der Waals surface area contributed by atoms with E-state index in [0.29, 0.717) is 38.1 Å². The number of carbonyl (C=O) groups is 3. The SMILES string of the molecule is CCCC(=O)N1CCC(NC(=O)C2=NNC(=O)CC2)CC1. The van der Waals surface area contributed by atoms with Gasteiger partial charge < -0.3 is 10.2 Å². The van der Waals surface area contributed by atoms with Gasteiger partial charge in [0.25, 0.3) is 5.91 Å². The standard InChI is InChI=1S/C14H22N4O3/c1-2-3-13(20)18-8-6-10(7-9-18)15-14(21)11-4-5-12(19)17-16-11/h10H,2-9H2,1H3,(H,15,21)(H,17,19). The van der Waals surface area contributed by atoms with Gasteiger partial charge in [-0.1, -0.05) is 6.92 Å². The molecule has 2 heterocycles. The van der Waals surface area contributed by atoms with Crippen molar-refractivity contribution >= 4 is 23.4 Å². The lowest BCUT2D eigenvalue weighted by Gasteiger charge is -2.32. The molecule has 0 unspecified atom stereocenters. The summed E-state index contributed by atoms with van der Waals surface area (Å²) in [5, 5.41) is 6.72. The van der Waals surface area contributed by atoms with Crippen LogP contribution in [-0.2, 0) is 14.4 Å². The highest BCUT2D eigenvalue weighted by Crippen LogP contribution is 2.12. The van der Waals surface area contributed by atoms with Crippen molar-refractivity contribution < 1.29 is 14.4 Å². The number of carbonyl (C=O) groups excluding carboxylic acids is 3. The first-order chi connectivity index (χ1) is 10.1. The number of nitrogens with zero attached hydrogens (tertiary/aromatic N) is 2. The molecule has 1 fully saturated rings. The largest absolute Gasteiger partial charge is 0.348 e. The third-order valence-corrected chi connectivity index (χ3v) is 3.81. The zero-order chi connectivity index (χ0) is 15.2. The second kappa shape index (κ2) is 7.19. The maximum absolute atomic E-state index is 12.0. The van der Waals surface area contributed by atoms with Gasteiger partial charge in [0.1, 0.15) is 5.71 Å². The number of hydrogen-bond acceptors (Lipinski definition) is 4. The van der Waals surface area contributed by atoms with E-state index < -0.39 is 0 Å². The van der Waals surface area contributed by atoms with Crippen molar-refractivity contribution in [2.75, 3.05) is 13.1 Å². The lowest BCUT2D eigenvalue weighted by atomic mass is 10.0. The highest BCUT2D eigenvalue weighted by Gasteiger charge is 2.25. The van der Waals surface area contributed by atoms with Gasteiger partial charge in [-0.3, -0.25) is 14.4 Å². The number of nitrogens with one attached hydrogen (secondary N) is 2. The normalized spacial score (nSPS) is 19.8. The van der Waals surface area contributed by atoms with Crippen LogP contribution in [0.4, 0.5) is 0 Å². The minimum absolute atomic E-state index is 0.0727. The van der Waals surface area contributed by atoms with E-state index in [9.17, 15) is 14.4 Å². The molecule has 21 heavy (non-hydrogen) atoms. The molecule has 7 nitrogen and oxygen atoms in total. The van der Waals surface area contributed by atoms with Crippen LogP contribution in [0.3, 0.4) is 0 Å². The number of rotatable bonds is 4. The van der Waals surface area contributed by atoms with Crippen LogP contribution in [0, 0.1) is 0 Å². The molecule has 2 aliphatic heterocycles. The van der Waals surface area contributed by atoms with Crippen molar-refractivity contribution in [3.05, 3.63) is 0 Å². The minimum Gasteiger partial charge on any atom is -0.348 e. The topological polar surface area (TPSA) is 90.9 Å². The summed E-state index contributed by atoms with van der Waals surface area (Å²) in [7, 11) is 0. The minimum atomic E-state index is -0.215. The predicted octanol–water partition coefficient (Wildman–Crippen LogP) is 0.160. The van der Waals surface area contributed by atoms with E-state index in [0.717, 1.165) is 19.3 Å². The molecule has 0 aromatic carbocycles. The number of hydrogen-bond donors (Lipinski definition) is 2. The van der Waals surface area contributed by atoms with E-state index in [1.807, 2.05) is 11.8 Å². The Kier molecular flexibility index (Phi) is 5.30. The number of piperidine rings is 1. The third-order valence-electron chi connectivity index (χ3n) is 3.81. The number of amides is 3. The number of hydrazone groups is 1. The molecule has 0 radical (unpaired) electrons. The Balaban J connectivity index is 1.77. The first-order valence-electron chi connectivity index (χ1n) is 7.54. The lowest BCUT2D eigenvalue weighted by molar-refractivity contribution is -0.132. The van der Waals surface area contributed by atoms with Crippen LogP contribution in [0.2, 0.25) is 0 Å². The Hall–Kier alpha value is -1.92. The van der Waals surface area contributed by atoms with Crippen molar-refractivity contribution in [2.24, 2.45) is 5.10 Å². The van der Waals surface area contributed by atoms with E-state index in [4.69, 9.17) is 0 Å². The smallest absolute Gasteiger partial charge is 0.267 e. The van der Waals surface area contributed by atoms with Gasteiger partial charge in [0.2, 0.25) is 11.8 Å². The average molecular weight is 294 g/mol. The Labute approximate surface area is 124 Å². The van der Waals surface area contributed by atoms with E-state index >= 15 is 0 Å². The molecule has 0 aromatic rings. The fraction of sp³-hybridized carbons (Fsp3) is 0.714. The summed E-state index contributed by atoms with van der Waals surface area (Å²) in [6.07, 6.45) is 3.66. The molecular weight excluding hydrogens is 272 g/mol. The maximum atomic E-state index is 12.0. The summed E-state index contributed by atoms with van der Waals surface area (Å²) in [6, 6.07) is 0.0727. The van der Waals surface area contributed by atoms with Crippen LogP contribution >= 0.6 is 0 Å². The molecule has 0 saturated carbocycles. The van der Waals surface area contributed by atoms with Crippen molar-refractivity contribution in [1.82, 2.24) is 15.6 Å². The van der Waals surface area contributed by atoms with Crippen LogP contribution < -0.4 is 10.7 Å². The Bertz CT molecular complexity index is 453. The Morgan fingerprint density at radius 2 is 2.05 bits per heavy atom. The van der Waals surface area contributed by atoms with E-state index in [1.54, 1.807) is 0 Å². The summed E-state index contributed by atoms with van der Waals surface area (Å²) in [5.74, 6) is -0.177. The number of likely N-dealkylation sites (tertiary alicyclic amines) is 1. The Morgan fingerprint density at radius 3 is 2.62 bits per heavy atom. The average Bonchev–Trinajstić information content (AvgIpc) is 2.49. The van der Waals surface area contributed by atoms with Gasteiger partial charge in [-0.2, -0.15) is 5.10 Å². The predicted molar refractivity (Wildman–Crippen MR) is 77.5 cm³/mol. The van der Waals surface area contributed by atoms with E-state index in [2.05, 4.69) is 15.8 Å². The highest BCUT2D eigenvalue weighted by atomic mass is 16.2.